The van der Waals surface area contributed by atoms with Crippen LogP contribution in [0.3, 0.4) is 0 Å². The summed E-state index contributed by atoms with van der Waals surface area (Å²) in [4.78, 5) is 15.1. The number of nitriles is 1. The number of hydrogen-bond acceptors (Lipinski definition) is 5. The van der Waals surface area contributed by atoms with Gasteiger partial charge in [0.15, 0.2) is 5.69 Å². The molecule has 2 aliphatic rings. The molecule has 2 aromatic carbocycles. The molecule has 0 spiro atoms. The molecule has 1 aliphatic carbocycles. The van der Waals surface area contributed by atoms with E-state index >= 15 is 0 Å². The van der Waals surface area contributed by atoms with E-state index in [0.717, 1.165) is 50.0 Å². The van der Waals surface area contributed by atoms with E-state index in [2.05, 4.69) is 51.7 Å². The third kappa shape index (κ3) is 4.70. The number of carbonyl (C=O) groups is 1. The first-order valence-electron chi connectivity index (χ1n) is 11.8. The van der Waals surface area contributed by atoms with Crippen LogP contribution in [0.5, 0.6) is 0 Å². The van der Waals surface area contributed by atoms with E-state index in [1.54, 1.807) is 23.0 Å². The van der Waals surface area contributed by atoms with Gasteiger partial charge in [-0.2, -0.15) is 5.26 Å². The number of fused-ring (bicyclic) bond motifs is 1. The van der Waals surface area contributed by atoms with Crippen LogP contribution in [0.15, 0.2) is 42.6 Å². The Bertz CT molecular complexity index is 1260. The largest absolute Gasteiger partial charge is 0.348 e. The minimum absolute atomic E-state index is 0.0523. The lowest BCUT2D eigenvalue weighted by atomic mass is 9.74. The van der Waals surface area contributed by atoms with Gasteiger partial charge in [-0.3, -0.25) is 9.69 Å². The number of hydrogen-bond donors (Lipinski definition) is 1. The Balaban J connectivity index is 1.17. The van der Waals surface area contributed by atoms with Gasteiger partial charge in [0.05, 0.1) is 24.4 Å². The lowest BCUT2D eigenvalue weighted by Gasteiger charge is -2.36. The van der Waals surface area contributed by atoms with Gasteiger partial charge in [-0.25, -0.2) is 4.68 Å². The monoisotopic (exact) mass is 474 g/mol. The summed E-state index contributed by atoms with van der Waals surface area (Å²) in [5, 5.41) is 21.2. The molecule has 1 aromatic heterocycles. The molecule has 0 unspecified atom stereocenters. The summed E-state index contributed by atoms with van der Waals surface area (Å²) in [6.07, 6.45) is 4.32. The van der Waals surface area contributed by atoms with Gasteiger partial charge >= 0.3 is 0 Å². The minimum atomic E-state index is -0.216. The zero-order valence-electron chi connectivity index (χ0n) is 19.2. The van der Waals surface area contributed by atoms with E-state index in [1.807, 2.05) is 6.07 Å². The van der Waals surface area contributed by atoms with Gasteiger partial charge in [-0.1, -0.05) is 41.9 Å². The van der Waals surface area contributed by atoms with Gasteiger partial charge in [-0.05, 0) is 72.2 Å². The molecule has 0 radical (unpaired) electrons. The second-order valence-corrected chi connectivity index (χ2v) is 9.64. The molecule has 174 valence electrons. The normalized spacial score (nSPS) is 19.7. The highest BCUT2D eigenvalue weighted by molar-refractivity contribution is 6.30. The van der Waals surface area contributed by atoms with E-state index < -0.39 is 0 Å². The van der Waals surface area contributed by atoms with Crippen LogP contribution >= 0.6 is 11.6 Å². The van der Waals surface area contributed by atoms with Gasteiger partial charge in [-0.15, -0.1) is 5.10 Å². The third-order valence-corrected chi connectivity index (χ3v) is 7.21. The van der Waals surface area contributed by atoms with Gasteiger partial charge in [0, 0.05) is 24.2 Å². The molecule has 0 bridgehead atoms. The van der Waals surface area contributed by atoms with Crippen LogP contribution in [0, 0.1) is 11.3 Å². The third-order valence-electron chi connectivity index (χ3n) is 6.97. The molecule has 0 saturated heterocycles. The van der Waals surface area contributed by atoms with E-state index in [-0.39, 0.29) is 17.9 Å². The van der Waals surface area contributed by atoms with Crippen molar-refractivity contribution in [1.82, 2.24) is 25.2 Å². The maximum Gasteiger partial charge on any atom is 0.273 e. The topological polar surface area (TPSA) is 86.8 Å². The summed E-state index contributed by atoms with van der Waals surface area (Å²) >= 11 is 6.11. The van der Waals surface area contributed by atoms with Gasteiger partial charge in [0.2, 0.25) is 0 Å². The predicted octanol–water partition coefficient (Wildman–Crippen LogP) is 3.91. The first-order chi connectivity index (χ1) is 16.5. The summed E-state index contributed by atoms with van der Waals surface area (Å²) in [7, 11) is 0. The van der Waals surface area contributed by atoms with Crippen molar-refractivity contribution >= 4 is 17.5 Å². The Morgan fingerprint density at radius 2 is 2.09 bits per heavy atom. The zero-order chi connectivity index (χ0) is 23.7. The highest BCUT2D eigenvalue weighted by atomic mass is 35.5. The predicted molar refractivity (Wildman–Crippen MR) is 130 cm³/mol. The number of benzene rings is 2. The molecule has 2 heterocycles. The van der Waals surface area contributed by atoms with Crippen molar-refractivity contribution in [2.24, 2.45) is 0 Å². The van der Waals surface area contributed by atoms with Crippen molar-refractivity contribution in [3.05, 3.63) is 81.1 Å². The molecule has 34 heavy (non-hydrogen) atoms. The Morgan fingerprint density at radius 3 is 2.88 bits per heavy atom. The van der Waals surface area contributed by atoms with Crippen molar-refractivity contribution in [1.29, 1.82) is 5.26 Å². The number of carbonyl (C=O) groups excluding carboxylic acids is 1. The highest BCUT2D eigenvalue weighted by Crippen LogP contribution is 2.39. The van der Waals surface area contributed by atoms with Gasteiger partial charge in [0.25, 0.3) is 5.91 Å². The van der Waals surface area contributed by atoms with Crippen LogP contribution in [-0.4, -0.2) is 44.9 Å². The van der Waals surface area contributed by atoms with E-state index in [9.17, 15) is 10.1 Å². The summed E-state index contributed by atoms with van der Waals surface area (Å²) in [6.45, 7) is 5.97. The van der Waals surface area contributed by atoms with Crippen LogP contribution in [0.1, 0.15) is 64.0 Å². The molecule has 1 amide bonds. The SMILES string of the molecule is CCN1CCc2cc(Cn3cc(C(=O)N[C@H]4C[C@@H](c5cc(Cl)ccc5C#N)C4)nn3)ccc2C1. The molecular weight excluding hydrogens is 448 g/mol. The van der Waals surface area contributed by atoms with Crippen molar-refractivity contribution < 1.29 is 4.79 Å². The second-order valence-electron chi connectivity index (χ2n) is 9.21. The van der Waals surface area contributed by atoms with E-state index in [4.69, 9.17) is 11.6 Å². The average molecular weight is 475 g/mol. The summed E-state index contributed by atoms with van der Waals surface area (Å²) in [5.41, 5.74) is 5.89. The molecule has 1 saturated carbocycles. The zero-order valence-corrected chi connectivity index (χ0v) is 19.9. The van der Waals surface area contributed by atoms with Gasteiger partial charge in [0.1, 0.15) is 0 Å². The molecule has 3 aromatic rings. The highest BCUT2D eigenvalue weighted by Gasteiger charge is 2.33. The van der Waals surface area contributed by atoms with Crippen molar-refractivity contribution in [3.63, 3.8) is 0 Å². The quantitative estimate of drug-likeness (QED) is 0.585. The van der Waals surface area contributed by atoms with Crippen molar-refractivity contribution in [2.45, 2.75) is 51.2 Å². The first-order valence-corrected chi connectivity index (χ1v) is 12.1. The fourth-order valence-corrected chi connectivity index (χ4v) is 5.10. The number of rotatable bonds is 6. The number of aromatic nitrogens is 3. The number of amides is 1. The van der Waals surface area contributed by atoms with Crippen LogP contribution < -0.4 is 5.32 Å². The van der Waals surface area contributed by atoms with E-state index in [0.29, 0.717) is 22.8 Å². The van der Waals surface area contributed by atoms with Crippen LogP contribution in [0.25, 0.3) is 0 Å². The van der Waals surface area contributed by atoms with Gasteiger partial charge < -0.3 is 5.32 Å². The minimum Gasteiger partial charge on any atom is -0.348 e. The second kappa shape index (κ2) is 9.57. The molecule has 8 heteroatoms. The van der Waals surface area contributed by atoms with Crippen LogP contribution in [0.2, 0.25) is 5.02 Å². The molecular formula is C26H27ClN6O. The number of nitrogens with zero attached hydrogens (tertiary/aromatic N) is 5. The number of likely N-dealkylation sites (N-methyl/N-ethyl adjacent to an activating group) is 1. The van der Waals surface area contributed by atoms with E-state index in [1.165, 1.54) is 11.1 Å². The van der Waals surface area contributed by atoms with Crippen LogP contribution in [-0.2, 0) is 19.5 Å². The Kier molecular flexibility index (Phi) is 6.36. The fourth-order valence-electron chi connectivity index (χ4n) is 4.92. The first kappa shape index (κ1) is 22.6. The van der Waals surface area contributed by atoms with Crippen molar-refractivity contribution in [3.8, 4) is 6.07 Å². The Labute approximate surface area is 204 Å². The Hall–Kier alpha value is -3.21. The van der Waals surface area contributed by atoms with Crippen molar-refractivity contribution in [2.75, 3.05) is 13.1 Å². The molecule has 1 aliphatic heterocycles. The molecule has 1 N–H and O–H groups in total. The molecule has 0 atom stereocenters. The standard InChI is InChI=1S/C26H27ClN6O/c1-2-32-8-7-18-9-17(3-4-20(18)15-32)14-33-16-25(30-31-33)26(34)29-23-10-21(11-23)24-12-22(27)6-5-19(24)13-28/h3-6,9,12,16,21,23H,2,7-8,10-11,14-15H2,1H3,(H,29,34)/t21-,23+. The summed E-state index contributed by atoms with van der Waals surface area (Å²) < 4.78 is 1.71. The summed E-state index contributed by atoms with van der Waals surface area (Å²) in [5.74, 6) is 0.00847. The van der Waals surface area contributed by atoms with Crippen LogP contribution in [0.4, 0.5) is 0 Å². The maximum absolute atomic E-state index is 12.7. The molecule has 7 nitrogen and oxygen atoms in total. The Morgan fingerprint density at radius 1 is 1.24 bits per heavy atom. The number of nitrogens with one attached hydrogen (secondary N) is 1. The maximum atomic E-state index is 12.7. The lowest BCUT2D eigenvalue weighted by Crippen LogP contribution is -2.43. The summed E-state index contributed by atoms with van der Waals surface area (Å²) in [6, 6.07) is 14.2. The number of halogens is 1. The smallest absolute Gasteiger partial charge is 0.273 e. The fraction of sp³-hybridized carbons (Fsp3) is 0.385. The average Bonchev–Trinajstić information content (AvgIpc) is 3.29. The lowest BCUT2D eigenvalue weighted by molar-refractivity contribution is 0.0903. The molecule has 1 fully saturated rings. The molecule has 5 rings (SSSR count).